The van der Waals surface area contributed by atoms with Crippen molar-refractivity contribution >= 4 is 0 Å². The van der Waals surface area contributed by atoms with Crippen LogP contribution < -0.4 is 5.73 Å². The van der Waals surface area contributed by atoms with Crippen molar-refractivity contribution in [1.29, 1.82) is 0 Å². The van der Waals surface area contributed by atoms with Crippen molar-refractivity contribution in [2.75, 3.05) is 0 Å². The monoisotopic (exact) mass is 184 g/mol. The summed E-state index contributed by atoms with van der Waals surface area (Å²) in [6.07, 6.45) is 0. The SMILES string of the molecule is Cc1nc(C)c(C(N)C(C)(C)O)o1. The Hall–Kier alpha value is -0.870. The highest BCUT2D eigenvalue weighted by Crippen LogP contribution is 2.25. The van der Waals surface area contributed by atoms with Crippen LogP contribution in [0.15, 0.2) is 4.42 Å². The third-order valence-electron chi connectivity index (χ3n) is 1.98. The molecule has 0 radical (unpaired) electrons. The summed E-state index contributed by atoms with van der Waals surface area (Å²) in [6.45, 7) is 6.87. The van der Waals surface area contributed by atoms with Crippen LogP contribution in [0.3, 0.4) is 0 Å². The molecule has 0 aliphatic rings. The largest absolute Gasteiger partial charge is 0.444 e. The number of rotatable bonds is 2. The molecule has 0 spiro atoms. The minimum atomic E-state index is -0.989. The van der Waals surface area contributed by atoms with Crippen molar-refractivity contribution in [3.05, 3.63) is 17.3 Å². The molecule has 1 unspecified atom stereocenters. The Morgan fingerprint density at radius 2 is 2.00 bits per heavy atom. The maximum Gasteiger partial charge on any atom is 0.191 e. The Labute approximate surface area is 77.8 Å². The van der Waals surface area contributed by atoms with Gasteiger partial charge in [-0.1, -0.05) is 0 Å². The Morgan fingerprint density at radius 3 is 2.31 bits per heavy atom. The van der Waals surface area contributed by atoms with Crippen molar-refractivity contribution in [1.82, 2.24) is 4.98 Å². The van der Waals surface area contributed by atoms with Gasteiger partial charge in [0.2, 0.25) is 0 Å². The zero-order valence-electron chi connectivity index (χ0n) is 8.46. The highest BCUT2D eigenvalue weighted by atomic mass is 16.4. The molecule has 13 heavy (non-hydrogen) atoms. The van der Waals surface area contributed by atoms with E-state index >= 15 is 0 Å². The molecule has 3 N–H and O–H groups in total. The Bertz CT molecular complexity index is 299. The highest BCUT2D eigenvalue weighted by molar-refractivity contribution is 5.14. The molecule has 0 aliphatic heterocycles. The topological polar surface area (TPSA) is 72.3 Å². The quantitative estimate of drug-likeness (QED) is 0.721. The predicted molar refractivity (Wildman–Crippen MR) is 49.2 cm³/mol. The molecule has 0 saturated carbocycles. The minimum absolute atomic E-state index is 0.534. The Kier molecular flexibility index (Phi) is 2.45. The van der Waals surface area contributed by atoms with E-state index in [0.29, 0.717) is 11.7 Å². The summed E-state index contributed by atoms with van der Waals surface area (Å²) >= 11 is 0. The van der Waals surface area contributed by atoms with Gasteiger partial charge in [0.05, 0.1) is 17.3 Å². The minimum Gasteiger partial charge on any atom is -0.444 e. The Morgan fingerprint density at radius 1 is 1.46 bits per heavy atom. The summed E-state index contributed by atoms with van der Waals surface area (Å²) in [5.74, 6) is 1.14. The van der Waals surface area contributed by atoms with Gasteiger partial charge in [-0.15, -0.1) is 0 Å². The molecule has 0 saturated heterocycles. The van der Waals surface area contributed by atoms with Crippen LogP contribution in [0.1, 0.15) is 37.2 Å². The van der Waals surface area contributed by atoms with Gasteiger partial charge >= 0.3 is 0 Å². The molecule has 0 aliphatic carbocycles. The van der Waals surface area contributed by atoms with E-state index in [1.54, 1.807) is 20.8 Å². The summed E-state index contributed by atoms with van der Waals surface area (Å²) in [4.78, 5) is 4.09. The normalized spacial score (nSPS) is 14.6. The zero-order valence-corrected chi connectivity index (χ0v) is 8.46. The number of aliphatic hydroxyl groups is 1. The molecular formula is C9H16N2O2. The number of aromatic nitrogens is 1. The van der Waals surface area contributed by atoms with Gasteiger partial charge in [0, 0.05) is 6.92 Å². The molecule has 1 aromatic heterocycles. The lowest BCUT2D eigenvalue weighted by atomic mass is 9.97. The fourth-order valence-corrected chi connectivity index (χ4v) is 1.16. The average molecular weight is 184 g/mol. The molecule has 0 aromatic carbocycles. The molecule has 0 bridgehead atoms. The molecule has 1 aromatic rings. The second-order valence-electron chi connectivity index (χ2n) is 3.81. The fraction of sp³-hybridized carbons (Fsp3) is 0.667. The lowest BCUT2D eigenvalue weighted by molar-refractivity contribution is 0.0438. The second kappa shape index (κ2) is 3.12. The van der Waals surface area contributed by atoms with Gasteiger partial charge < -0.3 is 15.3 Å². The van der Waals surface area contributed by atoms with Crippen molar-refractivity contribution in [2.24, 2.45) is 5.73 Å². The summed E-state index contributed by atoms with van der Waals surface area (Å²) in [7, 11) is 0. The van der Waals surface area contributed by atoms with E-state index in [9.17, 15) is 5.11 Å². The second-order valence-corrected chi connectivity index (χ2v) is 3.81. The van der Waals surface area contributed by atoms with Crippen LogP contribution in [0.25, 0.3) is 0 Å². The van der Waals surface area contributed by atoms with Crippen molar-refractivity contribution in [3.63, 3.8) is 0 Å². The maximum absolute atomic E-state index is 9.66. The van der Waals surface area contributed by atoms with Crippen molar-refractivity contribution < 1.29 is 9.52 Å². The lowest BCUT2D eigenvalue weighted by Crippen LogP contribution is -2.35. The first kappa shape index (κ1) is 10.2. The van der Waals surface area contributed by atoms with E-state index in [2.05, 4.69) is 4.98 Å². The van der Waals surface area contributed by atoms with Crippen LogP contribution in [-0.2, 0) is 0 Å². The van der Waals surface area contributed by atoms with Crippen LogP contribution >= 0.6 is 0 Å². The highest BCUT2D eigenvalue weighted by Gasteiger charge is 2.29. The standard InChI is InChI=1S/C9H16N2O2/c1-5-7(13-6(2)11-5)8(10)9(3,4)12/h8,12H,10H2,1-4H3. The van der Waals surface area contributed by atoms with E-state index < -0.39 is 11.6 Å². The van der Waals surface area contributed by atoms with Gasteiger partial charge in [-0.2, -0.15) is 0 Å². The third kappa shape index (κ3) is 2.08. The third-order valence-corrected chi connectivity index (χ3v) is 1.98. The maximum atomic E-state index is 9.66. The first-order valence-corrected chi connectivity index (χ1v) is 4.24. The molecule has 1 heterocycles. The van der Waals surface area contributed by atoms with Gasteiger partial charge in [0.1, 0.15) is 5.76 Å². The van der Waals surface area contributed by atoms with Crippen molar-refractivity contribution in [2.45, 2.75) is 39.3 Å². The number of nitrogens with two attached hydrogens (primary N) is 1. The van der Waals surface area contributed by atoms with E-state index in [0.717, 1.165) is 5.69 Å². The molecule has 0 fully saturated rings. The van der Waals surface area contributed by atoms with Crippen LogP contribution in [0.5, 0.6) is 0 Å². The van der Waals surface area contributed by atoms with Crippen LogP contribution in [0.4, 0.5) is 0 Å². The van der Waals surface area contributed by atoms with Crippen LogP contribution in [0, 0.1) is 13.8 Å². The average Bonchev–Trinajstić information content (AvgIpc) is 2.26. The number of nitrogens with zero attached hydrogens (tertiary/aromatic N) is 1. The molecule has 4 heteroatoms. The van der Waals surface area contributed by atoms with Crippen LogP contribution in [0.2, 0.25) is 0 Å². The molecule has 1 rings (SSSR count). The predicted octanol–water partition coefficient (Wildman–Crippen LogP) is 1.06. The fourth-order valence-electron chi connectivity index (χ4n) is 1.16. The molecule has 1 atom stereocenters. The first-order chi connectivity index (χ1) is 5.82. The zero-order chi connectivity index (χ0) is 10.2. The van der Waals surface area contributed by atoms with E-state index in [4.69, 9.17) is 10.2 Å². The number of hydrogen-bond acceptors (Lipinski definition) is 4. The van der Waals surface area contributed by atoms with Crippen molar-refractivity contribution in [3.8, 4) is 0 Å². The van der Waals surface area contributed by atoms with Gasteiger partial charge in [-0.25, -0.2) is 4.98 Å². The number of aryl methyl sites for hydroxylation is 2. The smallest absolute Gasteiger partial charge is 0.191 e. The first-order valence-electron chi connectivity index (χ1n) is 4.24. The van der Waals surface area contributed by atoms with Gasteiger partial charge in [-0.05, 0) is 20.8 Å². The van der Waals surface area contributed by atoms with E-state index in [-0.39, 0.29) is 0 Å². The van der Waals surface area contributed by atoms with Gasteiger partial charge in [-0.3, -0.25) is 0 Å². The molecule has 74 valence electrons. The number of hydrogen-bond donors (Lipinski definition) is 2. The van der Waals surface area contributed by atoms with Gasteiger partial charge in [0.15, 0.2) is 5.89 Å². The lowest BCUT2D eigenvalue weighted by Gasteiger charge is -2.23. The summed E-state index contributed by atoms with van der Waals surface area (Å²) in [6, 6.07) is -0.534. The molecular weight excluding hydrogens is 168 g/mol. The molecule has 4 nitrogen and oxygen atoms in total. The van der Waals surface area contributed by atoms with Crippen LogP contribution in [-0.4, -0.2) is 15.7 Å². The number of oxazole rings is 1. The Balaban J connectivity index is 3.01. The summed E-state index contributed by atoms with van der Waals surface area (Å²) in [5.41, 5.74) is 5.56. The molecule has 0 amide bonds. The summed E-state index contributed by atoms with van der Waals surface area (Å²) in [5, 5.41) is 9.66. The van der Waals surface area contributed by atoms with E-state index in [1.165, 1.54) is 0 Å². The summed E-state index contributed by atoms with van der Waals surface area (Å²) < 4.78 is 5.31. The van der Waals surface area contributed by atoms with Gasteiger partial charge in [0.25, 0.3) is 0 Å². The van der Waals surface area contributed by atoms with E-state index in [1.807, 2.05) is 6.92 Å².